The number of rotatable bonds is 9. The summed E-state index contributed by atoms with van der Waals surface area (Å²) in [6.07, 6.45) is -10.1. The molecule has 3 rings (SSSR count). The summed E-state index contributed by atoms with van der Waals surface area (Å²) in [5.41, 5.74) is -2.10. The molecule has 11 heteroatoms. The maximum absolute atomic E-state index is 13.5. The zero-order chi connectivity index (χ0) is 28.1. The van der Waals surface area contributed by atoms with E-state index in [-0.39, 0.29) is 30.2 Å². The highest BCUT2D eigenvalue weighted by Crippen LogP contribution is 2.41. The first-order valence-corrected chi connectivity index (χ1v) is 11.4. The zero-order valence-corrected chi connectivity index (χ0v) is 20.0. The van der Waals surface area contributed by atoms with Crippen molar-refractivity contribution >= 4 is 11.9 Å². The molecule has 0 spiro atoms. The first-order valence-electron chi connectivity index (χ1n) is 11.4. The summed E-state index contributed by atoms with van der Waals surface area (Å²) in [7, 11) is 0. The Morgan fingerprint density at radius 2 is 1.53 bits per heavy atom. The van der Waals surface area contributed by atoms with Crippen LogP contribution in [0.25, 0.3) is 11.1 Å². The van der Waals surface area contributed by atoms with Gasteiger partial charge in [-0.2, -0.15) is 26.3 Å². The Kier molecular flexibility index (Phi) is 8.70. The van der Waals surface area contributed by atoms with Crippen LogP contribution in [0.1, 0.15) is 52.9 Å². The van der Waals surface area contributed by atoms with Gasteiger partial charge in [0.25, 0.3) is 5.91 Å². The normalized spacial score (nSPS) is 12.6. The summed E-state index contributed by atoms with van der Waals surface area (Å²) in [5.74, 6) is -1.06. The maximum Gasteiger partial charge on any atom is 0.417 e. The highest BCUT2D eigenvalue weighted by Gasteiger charge is 2.38. The van der Waals surface area contributed by atoms with Crippen molar-refractivity contribution in [3.8, 4) is 16.9 Å². The molecule has 0 unspecified atom stereocenters. The fourth-order valence-electron chi connectivity index (χ4n) is 3.71. The van der Waals surface area contributed by atoms with Gasteiger partial charge >= 0.3 is 18.3 Å². The average molecular weight is 539 g/mol. The van der Waals surface area contributed by atoms with Crippen molar-refractivity contribution in [1.82, 2.24) is 5.32 Å². The lowest BCUT2D eigenvalue weighted by molar-refractivity contribution is -0.143. The number of nitrogens with one attached hydrogen (secondary N) is 1. The van der Waals surface area contributed by atoms with Crippen molar-refractivity contribution < 1.29 is 45.8 Å². The number of ether oxygens (including phenoxy) is 1. The monoisotopic (exact) mass is 539 g/mol. The van der Waals surface area contributed by atoms with Crippen LogP contribution in [0.4, 0.5) is 26.3 Å². The van der Waals surface area contributed by atoms with Gasteiger partial charge in [-0.05, 0) is 59.5 Å². The van der Waals surface area contributed by atoms with E-state index in [2.05, 4.69) is 5.32 Å². The van der Waals surface area contributed by atoms with Gasteiger partial charge in [-0.15, -0.1) is 0 Å². The first-order chi connectivity index (χ1) is 17.8. The molecule has 0 fully saturated rings. The minimum Gasteiger partial charge on any atom is -0.486 e. The molecule has 0 saturated carbocycles. The second kappa shape index (κ2) is 11.6. The number of hydrogen-bond donors (Lipinski definition) is 2. The SMILES string of the molecule is CC[C@@H](Oc1ccc(C(=O)NCCC(=O)O)cc1)c1ccc(-c2ccc(C(F)(F)F)cc2C(F)(F)F)cc1. The molecule has 0 aromatic heterocycles. The summed E-state index contributed by atoms with van der Waals surface area (Å²) in [6.45, 7) is 1.82. The molecule has 1 amide bonds. The molecular weight excluding hydrogens is 516 g/mol. The molecule has 0 saturated heterocycles. The third-order valence-corrected chi connectivity index (χ3v) is 5.64. The highest BCUT2D eigenvalue weighted by molar-refractivity contribution is 5.94. The Labute approximate surface area is 214 Å². The van der Waals surface area contributed by atoms with Gasteiger partial charge in [0.15, 0.2) is 0 Å². The second-order valence-corrected chi connectivity index (χ2v) is 8.32. The lowest BCUT2D eigenvalue weighted by Gasteiger charge is -2.20. The molecule has 0 heterocycles. The summed E-state index contributed by atoms with van der Waals surface area (Å²) in [5, 5.41) is 11.1. The van der Waals surface area contributed by atoms with E-state index in [4.69, 9.17) is 9.84 Å². The second-order valence-electron chi connectivity index (χ2n) is 8.32. The molecule has 38 heavy (non-hydrogen) atoms. The number of hydrogen-bond acceptors (Lipinski definition) is 3. The van der Waals surface area contributed by atoms with Gasteiger partial charge in [-0.25, -0.2) is 0 Å². The number of aliphatic carboxylic acids is 1. The van der Waals surface area contributed by atoms with Gasteiger partial charge in [0.1, 0.15) is 11.9 Å². The van der Waals surface area contributed by atoms with Crippen LogP contribution in [-0.2, 0) is 17.1 Å². The highest BCUT2D eigenvalue weighted by atomic mass is 19.4. The van der Waals surface area contributed by atoms with E-state index >= 15 is 0 Å². The van der Waals surface area contributed by atoms with Crippen LogP contribution in [-0.4, -0.2) is 23.5 Å². The third kappa shape index (κ3) is 7.27. The zero-order valence-electron chi connectivity index (χ0n) is 20.0. The Morgan fingerprint density at radius 3 is 2.05 bits per heavy atom. The molecule has 3 aromatic rings. The van der Waals surface area contributed by atoms with E-state index in [9.17, 15) is 35.9 Å². The molecule has 3 aromatic carbocycles. The van der Waals surface area contributed by atoms with E-state index in [0.717, 1.165) is 6.07 Å². The van der Waals surface area contributed by atoms with E-state index in [1.807, 2.05) is 6.92 Å². The number of alkyl halides is 6. The van der Waals surface area contributed by atoms with Crippen LogP contribution < -0.4 is 10.1 Å². The third-order valence-electron chi connectivity index (χ3n) is 5.64. The number of carboxylic acid groups (broad SMARTS) is 1. The van der Waals surface area contributed by atoms with E-state index in [1.165, 1.54) is 24.3 Å². The van der Waals surface area contributed by atoms with Crippen molar-refractivity contribution in [3.05, 3.63) is 89.0 Å². The number of carbonyl (C=O) groups is 2. The fraction of sp³-hybridized carbons (Fsp3) is 0.259. The fourth-order valence-corrected chi connectivity index (χ4v) is 3.71. The Bertz CT molecular complexity index is 1270. The molecular formula is C27H23F6NO4. The van der Waals surface area contributed by atoms with Gasteiger partial charge in [0, 0.05) is 12.1 Å². The van der Waals surface area contributed by atoms with Gasteiger partial charge in [0.2, 0.25) is 0 Å². The van der Waals surface area contributed by atoms with Crippen LogP contribution in [0.15, 0.2) is 66.7 Å². The van der Waals surface area contributed by atoms with Crippen molar-refractivity contribution in [2.75, 3.05) is 6.54 Å². The molecule has 0 aliphatic carbocycles. The Hall–Kier alpha value is -4.02. The van der Waals surface area contributed by atoms with E-state index < -0.39 is 41.5 Å². The lowest BCUT2D eigenvalue weighted by atomic mass is 9.95. The Morgan fingerprint density at radius 1 is 0.895 bits per heavy atom. The molecule has 1 atom stereocenters. The van der Waals surface area contributed by atoms with Crippen molar-refractivity contribution in [1.29, 1.82) is 0 Å². The van der Waals surface area contributed by atoms with Crippen LogP contribution >= 0.6 is 0 Å². The maximum atomic E-state index is 13.5. The summed E-state index contributed by atoms with van der Waals surface area (Å²) < 4.78 is 85.5. The molecule has 5 nitrogen and oxygen atoms in total. The minimum absolute atomic E-state index is 0.0166. The lowest BCUT2D eigenvalue weighted by Crippen LogP contribution is -2.25. The quantitative estimate of drug-likeness (QED) is 0.284. The molecule has 0 aliphatic rings. The van der Waals surface area contributed by atoms with Gasteiger partial charge in [-0.1, -0.05) is 37.3 Å². The van der Waals surface area contributed by atoms with Gasteiger partial charge in [-0.3, -0.25) is 9.59 Å². The number of amides is 1. The van der Waals surface area contributed by atoms with Crippen molar-refractivity contribution in [2.24, 2.45) is 0 Å². The van der Waals surface area contributed by atoms with Gasteiger partial charge in [0.05, 0.1) is 17.5 Å². The standard InChI is InChI=1S/C27H23F6NO4/c1-2-23(38-20-10-7-18(8-11-20)25(37)34-14-13-24(35)36)17-5-3-16(4-6-17)21-12-9-19(26(28,29)30)15-22(21)27(31,32)33/h3-12,15,23H,2,13-14H2,1H3,(H,34,37)(H,35,36)/t23-/m1/s1. The van der Waals surface area contributed by atoms with Gasteiger partial charge < -0.3 is 15.2 Å². The molecule has 202 valence electrons. The largest absolute Gasteiger partial charge is 0.486 e. The number of benzene rings is 3. The van der Waals surface area contributed by atoms with Crippen LogP contribution in [0.3, 0.4) is 0 Å². The number of halogens is 6. The molecule has 0 radical (unpaired) electrons. The van der Waals surface area contributed by atoms with Crippen LogP contribution in [0.5, 0.6) is 5.75 Å². The molecule has 0 aliphatic heterocycles. The summed E-state index contributed by atoms with van der Waals surface area (Å²) in [4.78, 5) is 22.6. The summed E-state index contributed by atoms with van der Waals surface area (Å²) >= 11 is 0. The topological polar surface area (TPSA) is 75.6 Å². The van der Waals surface area contributed by atoms with E-state index in [1.54, 1.807) is 24.3 Å². The first kappa shape index (κ1) is 28.5. The molecule has 0 bridgehead atoms. The number of carboxylic acids is 1. The van der Waals surface area contributed by atoms with Crippen LogP contribution in [0.2, 0.25) is 0 Å². The minimum atomic E-state index is -4.98. The van der Waals surface area contributed by atoms with E-state index in [0.29, 0.717) is 29.4 Å². The summed E-state index contributed by atoms with van der Waals surface area (Å²) in [6, 6.07) is 13.5. The predicted molar refractivity (Wildman–Crippen MR) is 127 cm³/mol. The Balaban J connectivity index is 1.76. The predicted octanol–water partition coefficient (Wildman–Crippen LogP) is 7.13. The average Bonchev–Trinajstić information content (AvgIpc) is 2.86. The smallest absolute Gasteiger partial charge is 0.417 e. The van der Waals surface area contributed by atoms with Crippen molar-refractivity contribution in [2.45, 2.75) is 38.2 Å². The van der Waals surface area contributed by atoms with Crippen LogP contribution in [0, 0.1) is 0 Å². The van der Waals surface area contributed by atoms with Crippen molar-refractivity contribution in [3.63, 3.8) is 0 Å². The molecule has 2 N–H and O–H groups in total. The number of carbonyl (C=O) groups excluding carboxylic acids is 1.